The lowest BCUT2D eigenvalue weighted by molar-refractivity contribution is -0.384. The number of Topliss-reactive ketones (excluding diaryl/α,β-unsaturated/α-hetero) is 1. The van der Waals surface area contributed by atoms with Gasteiger partial charge in [-0.2, -0.15) is 0 Å². The average Bonchev–Trinajstić information content (AvgIpc) is 2.81. The third-order valence-electron chi connectivity index (χ3n) is 2.98. The van der Waals surface area contributed by atoms with Crippen molar-refractivity contribution >= 4 is 17.0 Å². The van der Waals surface area contributed by atoms with E-state index in [1.165, 1.54) is 19.1 Å². The van der Waals surface area contributed by atoms with E-state index in [1.807, 2.05) is 0 Å². The molecule has 0 radical (unpaired) electrons. The summed E-state index contributed by atoms with van der Waals surface area (Å²) in [5.41, 5.74) is 2.40. The summed E-state index contributed by atoms with van der Waals surface area (Å²) in [6, 6.07) is 4.52. The Bertz CT molecular complexity index is 517. The molecule has 17 heavy (non-hydrogen) atoms. The summed E-state index contributed by atoms with van der Waals surface area (Å²) >= 11 is 0. The Labute approximate surface area is 99.1 Å². The summed E-state index contributed by atoms with van der Waals surface area (Å²) in [6.45, 7) is 1.44. The number of hydrogen-bond donors (Lipinski definition) is 0. The third kappa shape index (κ3) is 2.25. The fraction of sp³-hybridized carbons (Fsp3) is 0.308. The molecule has 4 nitrogen and oxygen atoms in total. The molecule has 0 spiro atoms. The van der Waals surface area contributed by atoms with Gasteiger partial charge in [0.2, 0.25) is 0 Å². The molecule has 0 saturated heterocycles. The standard InChI is InChI=1S/C13H13NO3/c1-9(15)13-8-11(14(16)17)6-7-12(13)10-4-2-3-5-10/h4,6-8H,2-3,5H2,1H3. The molecular weight excluding hydrogens is 218 g/mol. The van der Waals surface area contributed by atoms with E-state index in [-0.39, 0.29) is 11.5 Å². The second kappa shape index (κ2) is 4.49. The highest BCUT2D eigenvalue weighted by molar-refractivity contribution is 5.99. The van der Waals surface area contributed by atoms with E-state index >= 15 is 0 Å². The summed E-state index contributed by atoms with van der Waals surface area (Å²) in [6.07, 6.45) is 5.15. The van der Waals surface area contributed by atoms with Crippen LogP contribution in [-0.4, -0.2) is 10.7 Å². The third-order valence-corrected chi connectivity index (χ3v) is 2.98. The largest absolute Gasteiger partial charge is 0.294 e. The highest BCUT2D eigenvalue weighted by Crippen LogP contribution is 2.31. The van der Waals surface area contributed by atoms with Crippen molar-refractivity contribution in [2.75, 3.05) is 0 Å². The van der Waals surface area contributed by atoms with E-state index in [4.69, 9.17) is 0 Å². The van der Waals surface area contributed by atoms with E-state index in [9.17, 15) is 14.9 Å². The average molecular weight is 231 g/mol. The number of allylic oxidation sites excluding steroid dienone is 2. The monoisotopic (exact) mass is 231 g/mol. The first kappa shape index (κ1) is 11.5. The normalized spacial score (nSPS) is 14.5. The number of benzene rings is 1. The fourth-order valence-electron chi connectivity index (χ4n) is 2.13. The van der Waals surface area contributed by atoms with E-state index in [2.05, 4.69) is 6.08 Å². The van der Waals surface area contributed by atoms with Gasteiger partial charge in [-0.1, -0.05) is 6.08 Å². The number of nitrogens with zero attached hydrogens (tertiary/aromatic N) is 1. The summed E-state index contributed by atoms with van der Waals surface area (Å²) in [5, 5.41) is 10.7. The zero-order chi connectivity index (χ0) is 12.4. The maximum absolute atomic E-state index is 11.5. The second-order valence-corrected chi connectivity index (χ2v) is 4.16. The zero-order valence-electron chi connectivity index (χ0n) is 9.60. The Morgan fingerprint density at radius 2 is 2.18 bits per heavy atom. The van der Waals surface area contributed by atoms with Crippen molar-refractivity contribution in [1.29, 1.82) is 0 Å². The Morgan fingerprint density at radius 3 is 2.71 bits per heavy atom. The van der Waals surface area contributed by atoms with Crippen LogP contribution in [0.15, 0.2) is 24.3 Å². The lowest BCUT2D eigenvalue weighted by Crippen LogP contribution is -2.00. The van der Waals surface area contributed by atoms with Gasteiger partial charge >= 0.3 is 0 Å². The van der Waals surface area contributed by atoms with E-state index in [1.54, 1.807) is 6.07 Å². The van der Waals surface area contributed by atoms with Crippen molar-refractivity contribution in [3.63, 3.8) is 0 Å². The van der Waals surface area contributed by atoms with E-state index in [0.29, 0.717) is 5.56 Å². The molecule has 0 saturated carbocycles. The first-order valence-electron chi connectivity index (χ1n) is 5.58. The summed E-state index contributed by atoms with van der Waals surface area (Å²) in [5.74, 6) is -0.128. The molecular formula is C13H13NO3. The number of nitro groups is 1. The number of nitro benzene ring substituents is 1. The van der Waals surface area contributed by atoms with Gasteiger partial charge in [-0.25, -0.2) is 0 Å². The Morgan fingerprint density at radius 1 is 1.41 bits per heavy atom. The topological polar surface area (TPSA) is 60.2 Å². The van der Waals surface area contributed by atoms with Gasteiger partial charge in [-0.05, 0) is 43.4 Å². The number of rotatable bonds is 3. The smallest absolute Gasteiger partial charge is 0.270 e. The first-order chi connectivity index (χ1) is 8.09. The molecule has 1 aliphatic carbocycles. The van der Waals surface area contributed by atoms with Gasteiger partial charge in [0, 0.05) is 17.7 Å². The molecule has 0 aliphatic heterocycles. The van der Waals surface area contributed by atoms with Crippen LogP contribution in [0.2, 0.25) is 0 Å². The van der Waals surface area contributed by atoms with E-state index in [0.717, 1.165) is 30.4 Å². The minimum Gasteiger partial charge on any atom is -0.294 e. The number of carbonyl (C=O) groups excluding carboxylic acids is 1. The van der Waals surface area contributed by atoms with Gasteiger partial charge in [0.1, 0.15) is 0 Å². The predicted octanol–water partition coefficient (Wildman–Crippen LogP) is 3.36. The van der Waals surface area contributed by atoms with Gasteiger partial charge in [0.25, 0.3) is 5.69 Å². The number of non-ortho nitro benzene ring substituents is 1. The van der Waals surface area contributed by atoms with Crippen LogP contribution in [0.3, 0.4) is 0 Å². The highest BCUT2D eigenvalue weighted by atomic mass is 16.6. The van der Waals surface area contributed by atoms with Gasteiger partial charge in [-0.3, -0.25) is 14.9 Å². The van der Waals surface area contributed by atoms with Crippen LogP contribution in [0.4, 0.5) is 5.69 Å². The van der Waals surface area contributed by atoms with Gasteiger partial charge in [0.05, 0.1) is 4.92 Å². The summed E-state index contributed by atoms with van der Waals surface area (Å²) < 4.78 is 0. The molecule has 4 heteroatoms. The molecule has 0 unspecified atom stereocenters. The number of ketones is 1. The molecule has 0 bridgehead atoms. The maximum Gasteiger partial charge on any atom is 0.270 e. The van der Waals surface area contributed by atoms with Crippen LogP contribution in [0.1, 0.15) is 42.1 Å². The summed E-state index contributed by atoms with van der Waals surface area (Å²) in [4.78, 5) is 21.8. The van der Waals surface area contributed by atoms with Crippen molar-refractivity contribution in [2.45, 2.75) is 26.2 Å². The van der Waals surface area contributed by atoms with Crippen LogP contribution in [0.25, 0.3) is 5.57 Å². The van der Waals surface area contributed by atoms with Crippen molar-refractivity contribution in [1.82, 2.24) is 0 Å². The quantitative estimate of drug-likeness (QED) is 0.455. The Balaban J connectivity index is 2.52. The molecule has 0 aromatic heterocycles. The maximum atomic E-state index is 11.5. The van der Waals surface area contributed by atoms with Crippen molar-refractivity contribution in [3.8, 4) is 0 Å². The minimum absolute atomic E-state index is 0.0300. The lowest BCUT2D eigenvalue weighted by atomic mass is 9.96. The summed E-state index contributed by atoms with van der Waals surface area (Å²) in [7, 11) is 0. The van der Waals surface area contributed by atoms with Crippen LogP contribution in [0, 0.1) is 10.1 Å². The van der Waals surface area contributed by atoms with Crippen molar-refractivity contribution in [3.05, 3.63) is 45.5 Å². The molecule has 2 rings (SSSR count). The van der Waals surface area contributed by atoms with Crippen molar-refractivity contribution in [2.24, 2.45) is 0 Å². The second-order valence-electron chi connectivity index (χ2n) is 4.16. The molecule has 88 valence electrons. The van der Waals surface area contributed by atoms with Crippen LogP contribution >= 0.6 is 0 Å². The van der Waals surface area contributed by atoms with Crippen LogP contribution < -0.4 is 0 Å². The Hall–Kier alpha value is -1.97. The molecule has 1 aliphatic rings. The molecule has 1 aromatic rings. The number of hydrogen-bond acceptors (Lipinski definition) is 3. The number of carbonyl (C=O) groups is 1. The lowest BCUT2D eigenvalue weighted by Gasteiger charge is -2.07. The fourth-order valence-corrected chi connectivity index (χ4v) is 2.13. The van der Waals surface area contributed by atoms with Gasteiger partial charge in [0.15, 0.2) is 5.78 Å². The molecule has 0 N–H and O–H groups in total. The van der Waals surface area contributed by atoms with Gasteiger partial charge in [-0.15, -0.1) is 0 Å². The molecule has 1 aromatic carbocycles. The predicted molar refractivity (Wildman–Crippen MR) is 64.9 cm³/mol. The van der Waals surface area contributed by atoms with Crippen LogP contribution in [-0.2, 0) is 0 Å². The Kier molecular flexibility index (Phi) is 3.04. The first-order valence-corrected chi connectivity index (χ1v) is 5.58. The van der Waals surface area contributed by atoms with E-state index < -0.39 is 4.92 Å². The SMILES string of the molecule is CC(=O)c1cc([N+](=O)[O-])ccc1C1=CCCC1. The molecule has 0 amide bonds. The minimum atomic E-state index is -0.473. The van der Waals surface area contributed by atoms with Gasteiger partial charge < -0.3 is 0 Å². The van der Waals surface area contributed by atoms with Crippen LogP contribution in [0.5, 0.6) is 0 Å². The molecule has 0 atom stereocenters. The molecule has 0 heterocycles. The van der Waals surface area contributed by atoms with Crippen molar-refractivity contribution < 1.29 is 9.72 Å². The molecule has 0 fully saturated rings. The zero-order valence-corrected chi connectivity index (χ0v) is 9.60. The highest BCUT2D eigenvalue weighted by Gasteiger charge is 2.17.